The molecule has 2 heterocycles. The number of hydrogen-bond donors (Lipinski definition) is 1. The first-order chi connectivity index (χ1) is 13.0. The number of nitrogens with zero attached hydrogens (tertiary/aromatic N) is 2. The van der Waals surface area contributed by atoms with Crippen molar-refractivity contribution in [3.63, 3.8) is 0 Å². The SMILES string of the molecule is O=C1C[C@@H]([NH+]2CCN(c3ccc(F)cc3)CC2)C(=O)N1c1ccc(F)cc1. The van der Waals surface area contributed by atoms with Crippen LogP contribution in [0.4, 0.5) is 20.2 Å². The lowest BCUT2D eigenvalue weighted by Crippen LogP contribution is -3.19. The van der Waals surface area contributed by atoms with Crippen molar-refractivity contribution in [1.82, 2.24) is 0 Å². The predicted octanol–water partition coefficient (Wildman–Crippen LogP) is 1.00. The van der Waals surface area contributed by atoms with Crippen LogP contribution in [0.1, 0.15) is 6.42 Å². The van der Waals surface area contributed by atoms with Crippen molar-refractivity contribution in [3.8, 4) is 0 Å². The summed E-state index contributed by atoms with van der Waals surface area (Å²) in [7, 11) is 0. The van der Waals surface area contributed by atoms with Gasteiger partial charge in [-0.05, 0) is 48.5 Å². The van der Waals surface area contributed by atoms with Crippen LogP contribution in [0.5, 0.6) is 0 Å². The van der Waals surface area contributed by atoms with Crippen molar-refractivity contribution in [2.24, 2.45) is 0 Å². The van der Waals surface area contributed by atoms with Gasteiger partial charge >= 0.3 is 0 Å². The van der Waals surface area contributed by atoms with E-state index in [4.69, 9.17) is 0 Å². The number of nitrogens with one attached hydrogen (secondary N) is 1. The zero-order valence-electron chi connectivity index (χ0n) is 14.7. The van der Waals surface area contributed by atoms with Crippen LogP contribution in [0, 0.1) is 11.6 Å². The number of amides is 2. The first kappa shape index (κ1) is 17.6. The second-order valence-corrected chi connectivity index (χ2v) is 6.92. The summed E-state index contributed by atoms with van der Waals surface area (Å²) < 4.78 is 26.2. The molecule has 7 heteroatoms. The molecule has 2 aliphatic rings. The van der Waals surface area contributed by atoms with Gasteiger partial charge in [0, 0.05) is 5.69 Å². The van der Waals surface area contributed by atoms with E-state index in [2.05, 4.69) is 4.90 Å². The standard InChI is InChI=1S/C20H19F2N3O2/c21-14-1-5-16(6-2-14)23-9-11-24(12-10-23)18-13-19(26)25(20(18)27)17-7-3-15(22)4-8-17/h1-8,18H,9-13H2/p+1/t18-/m1/s1. The van der Waals surface area contributed by atoms with Gasteiger partial charge in [-0.3, -0.25) is 9.59 Å². The van der Waals surface area contributed by atoms with Gasteiger partial charge in [-0.2, -0.15) is 0 Å². The van der Waals surface area contributed by atoms with Crippen LogP contribution in [0.2, 0.25) is 0 Å². The topological polar surface area (TPSA) is 45.1 Å². The number of carbonyl (C=O) groups excluding carboxylic acids is 2. The van der Waals surface area contributed by atoms with Crippen LogP contribution >= 0.6 is 0 Å². The molecule has 0 aliphatic carbocycles. The number of hydrogen-bond acceptors (Lipinski definition) is 3. The second kappa shape index (κ2) is 7.08. The molecule has 2 aromatic carbocycles. The van der Waals surface area contributed by atoms with Gasteiger partial charge in [0.05, 0.1) is 38.3 Å². The van der Waals surface area contributed by atoms with Crippen LogP contribution in [0.25, 0.3) is 0 Å². The zero-order chi connectivity index (χ0) is 19.0. The summed E-state index contributed by atoms with van der Waals surface area (Å²) in [5.74, 6) is -1.14. The Kier molecular flexibility index (Phi) is 4.61. The maximum absolute atomic E-state index is 13.1. The number of benzene rings is 2. The molecule has 4 rings (SSSR count). The van der Waals surface area contributed by atoms with Crippen molar-refractivity contribution in [3.05, 3.63) is 60.2 Å². The third-order valence-electron chi connectivity index (χ3n) is 5.32. The van der Waals surface area contributed by atoms with Gasteiger partial charge in [0.15, 0.2) is 6.04 Å². The van der Waals surface area contributed by atoms with E-state index in [1.807, 2.05) is 0 Å². The van der Waals surface area contributed by atoms with Gasteiger partial charge < -0.3 is 9.80 Å². The highest BCUT2D eigenvalue weighted by Gasteiger charge is 2.46. The number of piperazine rings is 1. The molecular formula is C20H20F2N3O2+. The van der Waals surface area contributed by atoms with E-state index in [0.717, 1.165) is 36.8 Å². The molecule has 1 atom stereocenters. The van der Waals surface area contributed by atoms with E-state index in [1.165, 1.54) is 41.3 Å². The lowest BCUT2D eigenvalue weighted by atomic mass is 10.1. The Morgan fingerprint density at radius 3 is 1.89 bits per heavy atom. The molecule has 0 saturated carbocycles. The summed E-state index contributed by atoms with van der Waals surface area (Å²) >= 11 is 0. The molecule has 140 valence electrons. The molecule has 2 fully saturated rings. The molecule has 2 saturated heterocycles. The van der Waals surface area contributed by atoms with Crippen LogP contribution in [0.15, 0.2) is 48.5 Å². The van der Waals surface area contributed by atoms with Crippen LogP contribution < -0.4 is 14.7 Å². The molecule has 5 nitrogen and oxygen atoms in total. The predicted molar refractivity (Wildman–Crippen MR) is 96.6 cm³/mol. The van der Waals surface area contributed by atoms with Crippen molar-refractivity contribution >= 4 is 23.2 Å². The molecule has 0 aromatic heterocycles. The third-order valence-corrected chi connectivity index (χ3v) is 5.32. The maximum atomic E-state index is 13.1. The number of quaternary nitrogens is 1. The van der Waals surface area contributed by atoms with E-state index in [-0.39, 0.29) is 24.1 Å². The number of anilines is 2. The van der Waals surface area contributed by atoms with Crippen molar-refractivity contribution in [2.75, 3.05) is 36.0 Å². The van der Waals surface area contributed by atoms with Crippen LogP contribution in [-0.4, -0.2) is 44.0 Å². The molecule has 27 heavy (non-hydrogen) atoms. The van der Waals surface area contributed by atoms with Gasteiger partial charge in [0.1, 0.15) is 11.6 Å². The highest BCUT2D eigenvalue weighted by atomic mass is 19.1. The molecule has 0 spiro atoms. The first-order valence-corrected chi connectivity index (χ1v) is 9.00. The van der Waals surface area contributed by atoms with Gasteiger partial charge in [-0.15, -0.1) is 0 Å². The Morgan fingerprint density at radius 1 is 0.815 bits per heavy atom. The fourth-order valence-corrected chi connectivity index (χ4v) is 3.86. The fourth-order valence-electron chi connectivity index (χ4n) is 3.86. The van der Waals surface area contributed by atoms with Gasteiger partial charge in [0.2, 0.25) is 5.91 Å². The van der Waals surface area contributed by atoms with E-state index < -0.39 is 11.9 Å². The zero-order valence-corrected chi connectivity index (χ0v) is 14.7. The van der Waals surface area contributed by atoms with E-state index in [9.17, 15) is 18.4 Å². The summed E-state index contributed by atoms with van der Waals surface area (Å²) in [5, 5.41) is 0. The number of imide groups is 1. The van der Waals surface area contributed by atoms with E-state index >= 15 is 0 Å². The molecule has 0 radical (unpaired) electrons. The van der Waals surface area contributed by atoms with Crippen molar-refractivity contribution in [1.29, 1.82) is 0 Å². The highest BCUT2D eigenvalue weighted by Crippen LogP contribution is 2.22. The maximum Gasteiger partial charge on any atom is 0.292 e. The van der Waals surface area contributed by atoms with E-state index in [1.54, 1.807) is 12.1 Å². The monoisotopic (exact) mass is 372 g/mol. The van der Waals surface area contributed by atoms with Crippen LogP contribution in [-0.2, 0) is 9.59 Å². The number of halogens is 2. The third kappa shape index (κ3) is 3.42. The average Bonchev–Trinajstić information content (AvgIpc) is 2.98. The number of carbonyl (C=O) groups is 2. The average molecular weight is 372 g/mol. The van der Waals surface area contributed by atoms with E-state index in [0.29, 0.717) is 5.69 Å². The Labute approximate surface area is 155 Å². The summed E-state index contributed by atoms with van der Waals surface area (Å²) in [4.78, 5) is 29.6. The lowest BCUT2D eigenvalue weighted by Gasteiger charge is -2.35. The normalized spacial score (nSPS) is 21.2. The smallest absolute Gasteiger partial charge is 0.292 e. The van der Waals surface area contributed by atoms with Crippen molar-refractivity contribution in [2.45, 2.75) is 12.5 Å². The minimum atomic E-state index is -0.406. The lowest BCUT2D eigenvalue weighted by molar-refractivity contribution is -0.915. The Balaban J connectivity index is 1.43. The molecule has 2 amide bonds. The first-order valence-electron chi connectivity index (χ1n) is 9.00. The molecule has 2 aromatic rings. The molecule has 0 unspecified atom stereocenters. The minimum Gasteiger partial charge on any atom is -0.360 e. The molecule has 0 bridgehead atoms. The fraction of sp³-hybridized carbons (Fsp3) is 0.300. The molecule has 2 aliphatic heterocycles. The van der Waals surface area contributed by atoms with Crippen LogP contribution in [0.3, 0.4) is 0 Å². The molecular weight excluding hydrogens is 352 g/mol. The van der Waals surface area contributed by atoms with Gasteiger partial charge in [-0.1, -0.05) is 0 Å². The largest absolute Gasteiger partial charge is 0.360 e. The highest BCUT2D eigenvalue weighted by molar-refractivity contribution is 6.21. The minimum absolute atomic E-state index is 0.169. The van der Waals surface area contributed by atoms with Crippen molar-refractivity contribution < 1.29 is 23.3 Å². The number of rotatable bonds is 3. The van der Waals surface area contributed by atoms with Gasteiger partial charge in [0.25, 0.3) is 5.91 Å². The van der Waals surface area contributed by atoms with Gasteiger partial charge in [-0.25, -0.2) is 13.7 Å². The summed E-state index contributed by atoms with van der Waals surface area (Å²) in [6.45, 7) is 2.90. The summed E-state index contributed by atoms with van der Waals surface area (Å²) in [5.41, 5.74) is 1.37. The Bertz CT molecular complexity index is 847. The summed E-state index contributed by atoms with van der Waals surface area (Å²) in [6.07, 6.45) is 0.169. The summed E-state index contributed by atoms with van der Waals surface area (Å²) in [6, 6.07) is 11.4. The Hall–Kier alpha value is -2.80. The molecule has 1 N–H and O–H groups in total. The second-order valence-electron chi connectivity index (χ2n) is 6.92. The Morgan fingerprint density at radius 2 is 1.33 bits per heavy atom. The quantitative estimate of drug-likeness (QED) is 0.818.